The smallest absolute Gasteiger partial charge is 0.170 e. The molecule has 1 aliphatic carbocycles. The Kier molecular flexibility index (Phi) is 2.84. The van der Waals surface area contributed by atoms with Gasteiger partial charge in [0.05, 0.1) is 12.0 Å². The van der Waals surface area contributed by atoms with Crippen molar-refractivity contribution in [3.63, 3.8) is 0 Å². The maximum atomic E-state index is 13.3. The molecule has 18 heavy (non-hydrogen) atoms. The van der Waals surface area contributed by atoms with Gasteiger partial charge in [-0.1, -0.05) is 12.8 Å². The van der Waals surface area contributed by atoms with Crippen molar-refractivity contribution in [2.24, 2.45) is 0 Å². The Morgan fingerprint density at radius 3 is 2.56 bits per heavy atom. The number of Topliss-reactive ketones (excluding diaryl/α,β-unsaturated/α-hetero) is 1. The molecule has 1 aromatic carbocycles. The molecule has 3 heteroatoms. The van der Waals surface area contributed by atoms with E-state index in [0.29, 0.717) is 17.7 Å². The van der Waals surface area contributed by atoms with Gasteiger partial charge >= 0.3 is 0 Å². The summed E-state index contributed by atoms with van der Waals surface area (Å²) >= 11 is 0. The quantitative estimate of drug-likeness (QED) is 0.696. The zero-order valence-electron chi connectivity index (χ0n) is 10.4. The van der Waals surface area contributed by atoms with Crippen LogP contribution in [0.25, 0.3) is 0 Å². The number of hydrogen-bond acceptors (Lipinski definition) is 2. The van der Waals surface area contributed by atoms with Crippen molar-refractivity contribution in [2.75, 3.05) is 0 Å². The largest absolute Gasteiger partial charge is 0.486 e. The second-order valence-electron chi connectivity index (χ2n) is 5.44. The molecule has 0 atom stereocenters. The highest BCUT2D eigenvalue weighted by molar-refractivity contribution is 6.00. The fourth-order valence-electron chi connectivity index (χ4n) is 3.12. The van der Waals surface area contributed by atoms with Gasteiger partial charge in [0.25, 0.3) is 0 Å². The maximum absolute atomic E-state index is 13.3. The minimum Gasteiger partial charge on any atom is -0.486 e. The van der Waals surface area contributed by atoms with E-state index in [1.165, 1.54) is 31.0 Å². The highest BCUT2D eigenvalue weighted by Gasteiger charge is 2.40. The lowest BCUT2D eigenvalue weighted by Crippen LogP contribution is -2.41. The monoisotopic (exact) mass is 248 g/mol. The summed E-state index contributed by atoms with van der Waals surface area (Å²) < 4.78 is 19.3. The van der Waals surface area contributed by atoms with E-state index in [4.69, 9.17) is 4.74 Å². The van der Waals surface area contributed by atoms with E-state index in [-0.39, 0.29) is 17.2 Å². The molecule has 1 heterocycles. The van der Waals surface area contributed by atoms with Gasteiger partial charge in [-0.25, -0.2) is 4.39 Å². The summed E-state index contributed by atoms with van der Waals surface area (Å²) in [4.78, 5) is 12.2. The van der Waals surface area contributed by atoms with Crippen LogP contribution in [0.2, 0.25) is 0 Å². The molecule has 0 saturated heterocycles. The molecule has 0 aromatic heterocycles. The van der Waals surface area contributed by atoms with Crippen LogP contribution in [0.4, 0.5) is 4.39 Å². The maximum Gasteiger partial charge on any atom is 0.170 e. The number of hydrogen-bond donors (Lipinski definition) is 0. The third kappa shape index (κ3) is 2.02. The average molecular weight is 248 g/mol. The number of benzene rings is 1. The highest BCUT2D eigenvalue weighted by Crippen LogP contribution is 2.41. The average Bonchev–Trinajstić information content (AvgIpc) is 2.54. The Morgan fingerprint density at radius 2 is 1.83 bits per heavy atom. The van der Waals surface area contributed by atoms with E-state index < -0.39 is 0 Å². The van der Waals surface area contributed by atoms with Gasteiger partial charge in [-0.2, -0.15) is 0 Å². The van der Waals surface area contributed by atoms with E-state index in [1.54, 1.807) is 0 Å². The zero-order valence-corrected chi connectivity index (χ0v) is 10.4. The Hall–Kier alpha value is -1.38. The fraction of sp³-hybridized carbons (Fsp3) is 0.533. The van der Waals surface area contributed by atoms with Crippen LogP contribution >= 0.6 is 0 Å². The van der Waals surface area contributed by atoms with Crippen molar-refractivity contribution in [3.05, 3.63) is 29.6 Å². The van der Waals surface area contributed by atoms with Gasteiger partial charge in [0, 0.05) is 6.07 Å². The number of carbonyl (C=O) groups is 1. The highest BCUT2D eigenvalue weighted by atomic mass is 19.1. The fourth-order valence-corrected chi connectivity index (χ4v) is 3.12. The number of fused-ring (bicyclic) bond motifs is 1. The van der Waals surface area contributed by atoms with E-state index >= 15 is 0 Å². The molecule has 1 saturated carbocycles. The number of ketones is 1. The van der Waals surface area contributed by atoms with E-state index in [1.807, 2.05) is 0 Å². The van der Waals surface area contributed by atoms with Crippen LogP contribution in [-0.2, 0) is 0 Å². The zero-order chi connectivity index (χ0) is 12.6. The third-order valence-corrected chi connectivity index (χ3v) is 4.07. The summed E-state index contributed by atoms with van der Waals surface area (Å²) in [6.45, 7) is 0. The number of rotatable bonds is 0. The van der Waals surface area contributed by atoms with Crippen molar-refractivity contribution >= 4 is 5.78 Å². The molecule has 1 aliphatic heterocycles. The lowest BCUT2D eigenvalue weighted by Gasteiger charge is -2.37. The van der Waals surface area contributed by atoms with Crippen LogP contribution in [0.5, 0.6) is 5.75 Å². The van der Waals surface area contributed by atoms with Gasteiger partial charge in [0.2, 0.25) is 0 Å². The second-order valence-corrected chi connectivity index (χ2v) is 5.44. The molecule has 0 N–H and O–H groups in total. The van der Waals surface area contributed by atoms with Gasteiger partial charge in [-0.15, -0.1) is 0 Å². The molecule has 1 spiro atoms. The first-order valence-electron chi connectivity index (χ1n) is 6.70. The van der Waals surface area contributed by atoms with Crippen molar-refractivity contribution in [2.45, 2.75) is 50.5 Å². The lowest BCUT2D eigenvalue weighted by molar-refractivity contribution is 0.0295. The minimum absolute atomic E-state index is 0.0955. The van der Waals surface area contributed by atoms with Crippen molar-refractivity contribution in [1.82, 2.24) is 0 Å². The number of ether oxygens (including phenoxy) is 1. The van der Waals surface area contributed by atoms with Crippen molar-refractivity contribution in [1.29, 1.82) is 0 Å². The van der Waals surface area contributed by atoms with Crippen LogP contribution in [0, 0.1) is 5.82 Å². The topological polar surface area (TPSA) is 26.3 Å². The van der Waals surface area contributed by atoms with Crippen molar-refractivity contribution < 1.29 is 13.9 Å². The molecule has 3 rings (SSSR count). The molecule has 0 unspecified atom stereocenters. The third-order valence-electron chi connectivity index (χ3n) is 4.07. The molecular weight excluding hydrogens is 231 g/mol. The predicted octanol–water partition coefficient (Wildman–Crippen LogP) is 3.88. The lowest BCUT2D eigenvalue weighted by atomic mass is 9.84. The summed E-state index contributed by atoms with van der Waals surface area (Å²) in [6.07, 6.45) is 6.87. The summed E-state index contributed by atoms with van der Waals surface area (Å²) in [5.41, 5.74) is 0.167. The predicted molar refractivity (Wildman–Crippen MR) is 66.4 cm³/mol. The van der Waals surface area contributed by atoms with Gasteiger partial charge < -0.3 is 4.74 Å². The first-order chi connectivity index (χ1) is 8.69. The summed E-state index contributed by atoms with van der Waals surface area (Å²) in [5, 5.41) is 0. The Balaban J connectivity index is 1.96. The molecule has 1 aromatic rings. The SMILES string of the molecule is O=C1CC2(CCCCCC2)Oc2cc(F)ccc21. The van der Waals surface area contributed by atoms with Crippen LogP contribution in [0.3, 0.4) is 0 Å². The summed E-state index contributed by atoms with van der Waals surface area (Å²) in [6, 6.07) is 4.21. The van der Waals surface area contributed by atoms with Crippen LogP contribution in [-0.4, -0.2) is 11.4 Å². The second kappa shape index (κ2) is 4.38. The molecule has 0 amide bonds. The first-order valence-corrected chi connectivity index (χ1v) is 6.70. The van der Waals surface area contributed by atoms with Crippen LogP contribution < -0.4 is 4.74 Å². The molecule has 0 radical (unpaired) electrons. The van der Waals surface area contributed by atoms with Gasteiger partial charge in [-0.05, 0) is 37.8 Å². The first kappa shape index (κ1) is 11.7. The molecule has 2 aliphatic rings. The number of halogens is 1. The Bertz CT molecular complexity index is 473. The summed E-state index contributed by atoms with van der Waals surface area (Å²) in [7, 11) is 0. The van der Waals surface area contributed by atoms with Gasteiger partial charge in [0.1, 0.15) is 17.2 Å². The molecular formula is C15H17FO2. The Morgan fingerprint density at radius 1 is 1.11 bits per heavy atom. The molecule has 2 nitrogen and oxygen atoms in total. The van der Waals surface area contributed by atoms with E-state index in [2.05, 4.69) is 0 Å². The van der Waals surface area contributed by atoms with E-state index in [9.17, 15) is 9.18 Å². The number of carbonyl (C=O) groups excluding carboxylic acids is 1. The van der Waals surface area contributed by atoms with Crippen LogP contribution in [0.15, 0.2) is 18.2 Å². The normalized spacial score (nSPS) is 22.2. The van der Waals surface area contributed by atoms with Crippen LogP contribution in [0.1, 0.15) is 55.3 Å². The molecule has 1 fully saturated rings. The van der Waals surface area contributed by atoms with E-state index in [0.717, 1.165) is 25.7 Å². The molecule has 0 bridgehead atoms. The summed E-state index contributed by atoms with van der Waals surface area (Å²) in [5.74, 6) is 0.193. The van der Waals surface area contributed by atoms with Gasteiger partial charge in [0.15, 0.2) is 5.78 Å². The van der Waals surface area contributed by atoms with Crippen molar-refractivity contribution in [3.8, 4) is 5.75 Å². The standard InChI is InChI=1S/C15H17FO2/c16-11-5-6-12-13(17)10-15(18-14(12)9-11)7-3-1-2-4-8-15/h5-6,9H,1-4,7-8,10H2. The molecule has 96 valence electrons. The Labute approximate surface area is 106 Å². The minimum atomic E-state index is -0.367. The van der Waals surface area contributed by atoms with Gasteiger partial charge in [-0.3, -0.25) is 4.79 Å².